The fourth-order valence-electron chi connectivity index (χ4n) is 5.56. The summed E-state index contributed by atoms with van der Waals surface area (Å²) in [5.41, 5.74) is 9.17. The van der Waals surface area contributed by atoms with Crippen molar-refractivity contribution in [3.63, 3.8) is 0 Å². The molecule has 0 saturated carbocycles. The molecule has 0 amide bonds. The van der Waals surface area contributed by atoms with Crippen molar-refractivity contribution >= 4 is 36.6 Å². The van der Waals surface area contributed by atoms with Gasteiger partial charge in [-0.15, -0.1) is 0 Å². The predicted octanol–water partition coefficient (Wildman–Crippen LogP) is 7.19. The molecule has 2 aliphatic carbocycles. The number of fused-ring (bicyclic) bond motifs is 4. The summed E-state index contributed by atoms with van der Waals surface area (Å²) < 4.78 is 3.18. The molecule has 0 unspecified atom stereocenters. The molecule has 0 nitrogen and oxygen atoms in total. The Labute approximate surface area is 177 Å². The Hall–Kier alpha value is -1.60. The van der Waals surface area contributed by atoms with Crippen molar-refractivity contribution < 1.29 is 0 Å². The monoisotopic (exact) mass is 448 g/mol. The minimum atomic E-state index is 0.0536. The van der Waals surface area contributed by atoms with E-state index >= 15 is 0 Å². The van der Waals surface area contributed by atoms with Gasteiger partial charge in [0.05, 0.1) is 0 Å². The number of hydrogen-bond acceptors (Lipinski definition) is 1. The standard InChI is InChI=1S/C26H24SSe/c1-13-11-19-23(27-13)15-7-9-18-22-16(8-10-17(21(15)22)25(19,3)4)24-20(26(18,5)6)12-14(2)28-24/h7-12H,1-6H3. The van der Waals surface area contributed by atoms with Crippen LogP contribution in [0.2, 0.25) is 0 Å². The topological polar surface area (TPSA) is 0 Å². The maximum absolute atomic E-state index is 2.47. The zero-order chi connectivity index (χ0) is 19.6. The molecule has 6 rings (SSSR count). The van der Waals surface area contributed by atoms with E-state index in [4.69, 9.17) is 0 Å². The number of thiophene rings is 1. The molecule has 4 aromatic rings. The van der Waals surface area contributed by atoms with Crippen molar-refractivity contribution in [3.8, 4) is 20.4 Å². The van der Waals surface area contributed by atoms with Crippen LogP contribution in [0.1, 0.15) is 59.3 Å². The molecule has 2 aromatic carbocycles. The van der Waals surface area contributed by atoms with Gasteiger partial charge in [-0.2, -0.15) is 0 Å². The van der Waals surface area contributed by atoms with Gasteiger partial charge in [0.1, 0.15) is 0 Å². The van der Waals surface area contributed by atoms with Crippen LogP contribution >= 0.6 is 11.3 Å². The number of hydrogen-bond donors (Lipinski definition) is 0. The van der Waals surface area contributed by atoms with Crippen LogP contribution < -0.4 is 0 Å². The Morgan fingerprint density at radius 2 is 1.32 bits per heavy atom. The average Bonchev–Trinajstić information content (AvgIpc) is 3.22. The second kappa shape index (κ2) is 5.11. The molecule has 0 saturated heterocycles. The van der Waals surface area contributed by atoms with Gasteiger partial charge in [-0.1, -0.05) is 0 Å². The van der Waals surface area contributed by atoms with Crippen LogP contribution in [0.25, 0.3) is 31.2 Å². The Morgan fingerprint density at radius 3 is 2.04 bits per heavy atom. The van der Waals surface area contributed by atoms with E-state index in [-0.39, 0.29) is 10.8 Å². The number of aryl methyl sites for hydroxylation is 2. The molecule has 0 fully saturated rings. The molecule has 0 bridgehead atoms. The van der Waals surface area contributed by atoms with Gasteiger partial charge in [-0.3, -0.25) is 0 Å². The van der Waals surface area contributed by atoms with Gasteiger partial charge in [-0.05, 0) is 0 Å². The Kier molecular flexibility index (Phi) is 3.15. The van der Waals surface area contributed by atoms with E-state index in [2.05, 4.69) is 77.9 Å². The summed E-state index contributed by atoms with van der Waals surface area (Å²) in [6.07, 6.45) is 0. The van der Waals surface area contributed by atoms with Crippen molar-refractivity contribution in [1.82, 2.24) is 0 Å². The summed E-state index contributed by atoms with van der Waals surface area (Å²) in [6.45, 7) is 14.2. The van der Waals surface area contributed by atoms with Crippen LogP contribution in [-0.2, 0) is 10.8 Å². The zero-order valence-electron chi connectivity index (χ0n) is 17.3. The van der Waals surface area contributed by atoms with Gasteiger partial charge < -0.3 is 0 Å². The summed E-state index contributed by atoms with van der Waals surface area (Å²) in [5, 5.41) is 3.06. The Bertz CT molecular complexity index is 1220. The van der Waals surface area contributed by atoms with Gasteiger partial charge in [0.15, 0.2) is 0 Å². The third-order valence-electron chi connectivity index (χ3n) is 7.05. The molecule has 28 heavy (non-hydrogen) atoms. The maximum atomic E-state index is 2.47. The molecular formula is C26H24SSe. The zero-order valence-corrected chi connectivity index (χ0v) is 19.8. The SMILES string of the molecule is Cc1cc2c(s1)-c1ccc3c4c(ccc(c14)C2(C)C)-c1[se]c(C)cc1C3(C)C. The van der Waals surface area contributed by atoms with Crippen LogP contribution in [0, 0.1) is 13.8 Å². The molecule has 2 heteroatoms. The number of benzene rings is 2. The van der Waals surface area contributed by atoms with Crippen LogP contribution in [0.5, 0.6) is 0 Å². The summed E-state index contributed by atoms with van der Waals surface area (Å²) in [5.74, 6) is 0. The quantitative estimate of drug-likeness (QED) is 0.250. The van der Waals surface area contributed by atoms with Gasteiger partial charge >= 0.3 is 177 Å². The van der Waals surface area contributed by atoms with Crippen LogP contribution in [0.4, 0.5) is 0 Å². The van der Waals surface area contributed by atoms with E-state index in [0.29, 0.717) is 14.5 Å². The first-order valence-electron chi connectivity index (χ1n) is 10.0. The molecule has 0 N–H and O–H groups in total. The Balaban J connectivity index is 1.86. The van der Waals surface area contributed by atoms with Crippen molar-refractivity contribution in [2.75, 3.05) is 0 Å². The van der Waals surface area contributed by atoms with Crippen molar-refractivity contribution in [1.29, 1.82) is 0 Å². The van der Waals surface area contributed by atoms with Crippen LogP contribution in [0.15, 0.2) is 36.4 Å². The van der Waals surface area contributed by atoms with E-state index in [0.717, 1.165) is 0 Å². The molecular weight excluding hydrogens is 423 g/mol. The van der Waals surface area contributed by atoms with Gasteiger partial charge in [0.2, 0.25) is 0 Å². The first-order valence-corrected chi connectivity index (χ1v) is 12.6. The molecule has 0 radical (unpaired) electrons. The number of rotatable bonds is 0. The third kappa shape index (κ3) is 1.88. The first kappa shape index (κ1) is 17.3. The first-order chi connectivity index (χ1) is 13.2. The molecule has 2 heterocycles. The van der Waals surface area contributed by atoms with Crippen molar-refractivity contribution in [2.45, 2.75) is 52.4 Å². The summed E-state index contributed by atoms with van der Waals surface area (Å²) in [4.78, 5) is 2.90. The second-order valence-electron chi connectivity index (χ2n) is 9.52. The van der Waals surface area contributed by atoms with Crippen LogP contribution in [0.3, 0.4) is 0 Å². The Morgan fingerprint density at radius 1 is 0.714 bits per heavy atom. The van der Waals surface area contributed by atoms with E-state index in [9.17, 15) is 0 Å². The summed E-state index contributed by atoms with van der Waals surface area (Å²) in [7, 11) is 0. The van der Waals surface area contributed by atoms with Crippen LogP contribution in [-0.4, -0.2) is 14.5 Å². The van der Waals surface area contributed by atoms with Gasteiger partial charge in [0.25, 0.3) is 0 Å². The molecule has 0 aliphatic heterocycles. The fraction of sp³-hybridized carbons (Fsp3) is 0.308. The molecule has 0 atom stereocenters. The normalized spacial score (nSPS) is 17.5. The molecule has 140 valence electrons. The van der Waals surface area contributed by atoms with Gasteiger partial charge in [-0.25, -0.2) is 0 Å². The van der Waals surface area contributed by atoms with Crippen molar-refractivity contribution in [3.05, 3.63) is 68.0 Å². The van der Waals surface area contributed by atoms with E-state index in [1.54, 1.807) is 14.4 Å². The predicted molar refractivity (Wildman–Crippen MR) is 123 cm³/mol. The third-order valence-corrected chi connectivity index (χ3v) is 10.4. The molecule has 2 aliphatic rings. The van der Waals surface area contributed by atoms with Gasteiger partial charge in [0, 0.05) is 0 Å². The molecule has 0 spiro atoms. The second-order valence-corrected chi connectivity index (χ2v) is 13.4. The van der Waals surface area contributed by atoms with E-state index in [1.807, 2.05) is 11.3 Å². The molecule has 2 aromatic heterocycles. The fourth-order valence-corrected chi connectivity index (χ4v) is 9.29. The minimum absolute atomic E-state index is 0.0536. The van der Waals surface area contributed by atoms with E-state index in [1.165, 1.54) is 48.3 Å². The van der Waals surface area contributed by atoms with Crippen molar-refractivity contribution in [2.24, 2.45) is 0 Å². The summed E-state index contributed by atoms with van der Waals surface area (Å²) in [6, 6.07) is 14.6. The summed E-state index contributed by atoms with van der Waals surface area (Å²) >= 11 is 2.43. The van der Waals surface area contributed by atoms with E-state index < -0.39 is 0 Å². The average molecular weight is 448 g/mol.